The van der Waals surface area contributed by atoms with E-state index >= 15 is 0 Å². The van der Waals surface area contributed by atoms with Crippen LogP contribution in [0.2, 0.25) is 0 Å². The molecule has 1 heterocycles. The van der Waals surface area contributed by atoms with E-state index in [0.717, 1.165) is 51.5 Å². The van der Waals surface area contributed by atoms with Gasteiger partial charge < -0.3 is 15.4 Å². The Bertz CT molecular complexity index is 440. The summed E-state index contributed by atoms with van der Waals surface area (Å²) in [5.41, 5.74) is 2.55. The van der Waals surface area contributed by atoms with E-state index < -0.39 is 0 Å². The van der Waals surface area contributed by atoms with Crippen LogP contribution in [0, 0.1) is 6.92 Å². The first-order chi connectivity index (χ1) is 10.8. The van der Waals surface area contributed by atoms with E-state index in [9.17, 15) is 0 Å². The smallest absolute Gasteiger partial charge is 0.190 e. The number of hydrogen-bond acceptors (Lipinski definition) is 3. The van der Waals surface area contributed by atoms with Crippen LogP contribution >= 0.6 is 24.0 Å². The average Bonchev–Trinajstić information content (AvgIpc) is 2.54. The first kappa shape index (κ1) is 22.1. The second kappa shape index (κ2) is 14.7. The van der Waals surface area contributed by atoms with Crippen LogP contribution in [-0.2, 0) is 11.2 Å². The number of pyridine rings is 1. The molecule has 0 aliphatic rings. The molecule has 0 aromatic carbocycles. The Balaban J connectivity index is 0.00000484. The quantitative estimate of drug-likeness (QED) is 0.257. The van der Waals surface area contributed by atoms with E-state index in [4.69, 9.17) is 4.74 Å². The van der Waals surface area contributed by atoms with Crippen LogP contribution in [0.5, 0.6) is 0 Å². The SMILES string of the molecule is CCCCOCCCNC(=NC)NCCc1ccncc1C.I. The molecule has 23 heavy (non-hydrogen) atoms. The zero-order chi connectivity index (χ0) is 16.0. The lowest BCUT2D eigenvalue weighted by atomic mass is 10.1. The van der Waals surface area contributed by atoms with Gasteiger partial charge in [-0.1, -0.05) is 13.3 Å². The third-order valence-electron chi connectivity index (χ3n) is 3.45. The summed E-state index contributed by atoms with van der Waals surface area (Å²) >= 11 is 0. The van der Waals surface area contributed by atoms with Gasteiger partial charge in [0.2, 0.25) is 0 Å². The standard InChI is InChI=1S/C17H30N4O.HI/c1-4-5-12-22-13-6-9-20-17(18-3)21-11-8-16-7-10-19-14-15(16)2;/h7,10,14H,4-6,8-9,11-13H2,1-3H3,(H2,18,20,21);1H. The van der Waals surface area contributed by atoms with Crippen molar-refractivity contribution < 1.29 is 4.74 Å². The van der Waals surface area contributed by atoms with Crippen molar-refractivity contribution in [2.45, 2.75) is 39.5 Å². The van der Waals surface area contributed by atoms with Crippen LogP contribution < -0.4 is 10.6 Å². The number of halogens is 1. The zero-order valence-corrected chi connectivity index (χ0v) is 16.9. The number of rotatable bonds is 10. The Labute approximate surface area is 157 Å². The molecule has 1 rings (SSSR count). The van der Waals surface area contributed by atoms with Gasteiger partial charge in [0.05, 0.1) is 0 Å². The molecule has 5 nitrogen and oxygen atoms in total. The molecular weight excluding hydrogens is 403 g/mol. The summed E-state index contributed by atoms with van der Waals surface area (Å²) in [4.78, 5) is 8.34. The number of nitrogens with zero attached hydrogens (tertiary/aromatic N) is 2. The van der Waals surface area contributed by atoms with E-state index in [1.807, 2.05) is 12.4 Å². The van der Waals surface area contributed by atoms with Crippen molar-refractivity contribution >= 4 is 29.9 Å². The molecular formula is C17H31IN4O. The molecule has 0 aliphatic heterocycles. The lowest BCUT2D eigenvalue weighted by Crippen LogP contribution is -2.39. The van der Waals surface area contributed by atoms with E-state index in [2.05, 4.69) is 40.5 Å². The molecule has 6 heteroatoms. The third-order valence-corrected chi connectivity index (χ3v) is 3.45. The van der Waals surface area contributed by atoms with Crippen molar-refractivity contribution in [1.82, 2.24) is 15.6 Å². The van der Waals surface area contributed by atoms with Gasteiger partial charge in [-0.25, -0.2) is 0 Å². The van der Waals surface area contributed by atoms with Crippen LogP contribution in [0.1, 0.15) is 37.3 Å². The van der Waals surface area contributed by atoms with Gasteiger partial charge in [-0.3, -0.25) is 9.98 Å². The predicted molar refractivity (Wildman–Crippen MR) is 108 cm³/mol. The van der Waals surface area contributed by atoms with E-state index in [1.54, 1.807) is 7.05 Å². The van der Waals surface area contributed by atoms with Crippen molar-refractivity contribution in [2.24, 2.45) is 4.99 Å². The van der Waals surface area contributed by atoms with Gasteiger partial charge in [0, 0.05) is 45.7 Å². The number of guanidine groups is 1. The van der Waals surface area contributed by atoms with E-state index in [1.165, 1.54) is 17.5 Å². The predicted octanol–water partition coefficient (Wildman–Crippen LogP) is 2.92. The molecule has 0 atom stereocenters. The van der Waals surface area contributed by atoms with E-state index in [-0.39, 0.29) is 24.0 Å². The summed E-state index contributed by atoms with van der Waals surface area (Å²) in [6, 6.07) is 2.07. The fraction of sp³-hybridized carbons (Fsp3) is 0.647. The Hall–Kier alpha value is -0.890. The normalized spacial score (nSPS) is 11.0. The summed E-state index contributed by atoms with van der Waals surface area (Å²) in [7, 11) is 1.80. The summed E-state index contributed by atoms with van der Waals surface area (Å²) in [6.07, 6.45) is 8.04. The lowest BCUT2D eigenvalue weighted by Gasteiger charge is -2.12. The first-order valence-electron chi connectivity index (χ1n) is 8.19. The van der Waals surface area contributed by atoms with Gasteiger partial charge in [0.15, 0.2) is 5.96 Å². The van der Waals surface area contributed by atoms with Gasteiger partial charge in [0.25, 0.3) is 0 Å². The molecule has 0 unspecified atom stereocenters. The molecule has 0 spiro atoms. The van der Waals surface area contributed by atoms with Crippen molar-refractivity contribution in [1.29, 1.82) is 0 Å². The fourth-order valence-corrected chi connectivity index (χ4v) is 2.05. The van der Waals surface area contributed by atoms with Gasteiger partial charge >= 0.3 is 0 Å². The molecule has 0 saturated heterocycles. The molecule has 1 aromatic heterocycles. The number of nitrogens with one attached hydrogen (secondary N) is 2. The van der Waals surface area contributed by atoms with E-state index in [0.29, 0.717) is 0 Å². The Morgan fingerprint density at radius 2 is 1.96 bits per heavy atom. The second-order valence-electron chi connectivity index (χ2n) is 5.30. The monoisotopic (exact) mass is 434 g/mol. The Kier molecular flexibility index (Phi) is 14.1. The van der Waals surface area contributed by atoms with Crippen LogP contribution in [0.15, 0.2) is 23.5 Å². The number of ether oxygens (including phenoxy) is 1. The Morgan fingerprint density at radius 1 is 1.22 bits per heavy atom. The molecule has 0 aliphatic carbocycles. The lowest BCUT2D eigenvalue weighted by molar-refractivity contribution is 0.129. The molecule has 0 radical (unpaired) electrons. The molecule has 0 saturated carbocycles. The van der Waals surface area contributed by atoms with Gasteiger partial charge in [-0.15, -0.1) is 24.0 Å². The number of unbranched alkanes of at least 4 members (excludes halogenated alkanes) is 1. The fourth-order valence-electron chi connectivity index (χ4n) is 2.05. The maximum atomic E-state index is 5.54. The summed E-state index contributed by atoms with van der Waals surface area (Å²) in [6.45, 7) is 7.68. The third kappa shape index (κ3) is 10.5. The van der Waals surface area contributed by atoms with Crippen LogP contribution in [0.3, 0.4) is 0 Å². The highest BCUT2D eigenvalue weighted by Crippen LogP contribution is 2.04. The number of hydrogen-bond donors (Lipinski definition) is 2. The largest absolute Gasteiger partial charge is 0.381 e. The molecule has 1 aromatic rings. The summed E-state index contributed by atoms with van der Waals surface area (Å²) in [5, 5.41) is 6.64. The van der Waals surface area contributed by atoms with Crippen LogP contribution in [0.4, 0.5) is 0 Å². The van der Waals surface area contributed by atoms with Gasteiger partial charge in [-0.05, 0) is 43.4 Å². The number of aliphatic imine (C=N–C) groups is 1. The molecule has 0 bridgehead atoms. The molecule has 2 N–H and O–H groups in total. The minimum absolute atomic E-state index is 0. The van der Waals surface area contributed by atoms with Crippen molar-refractivity contribution in [3.63, 3.8) is 0 Å². The van der Waals surface area contributed by atoms with Crippen LogP contribution in [-0.4, -0.2) is 44.3 Å². The van der Waals surface area contributed by atoms with Crippen LogP contribution in [0.25, 0.3) is 0 Å². The number of aromatic nitrogens is 1. The highest BCUT2D eigenvalue weighted by molar-refractivity contribution is 14.0. The van der Waals surface area contributed by atoms with Crippen molar-refractivity contribution in [3.8, 4) is 0 Å². The minimum Gasteiger partial charge on any atom is -0.381 e. The maximum Gasteiger partial charge on any atom is 0.190 e. The molecule has 0 amide bonds. The first-order valence-corrected chi connectivity index (χ1v) is 8.19. The summed E-state index contributed by atoms with van der Waals surface area (Å²) < 4.78 is 5.54. The highest BCUT2D eigenvalue weighted by atomic mass is 127. The minimum atomic E-state index is 0. The highest BCUT2D eigenvalue weighted by Gasteiger charge is 2.00. The summed E-state index contributed by atoms with van der Waals surface area (Å²) in [5.74, 6) is 0.847. The van der Waals surface area contributed by atoms with Gasteiger partial charge in [-0.2, -0.15) is 0 Å². The Morgan fingerprint density at radius 3 is 2.65 bits per heavy atom. The molecule has 132 valence electrons. The average molecular weight is 434 g/mol. The van der Waals surface area contributed by atoms with Crippen molar-refractivity contribution in [2.75, 3.05) is 33.4 Å². The topological polar surface area (TPSA) is 58.5 Å². The second-order valence-corrected chi connectivity index (χ2v) is 5.30. The number of aryl methyl sites for hydroxylation is 1. The van der Waals surface area contributed by atoms with Crippen molar-refractivity contribution in [3.05, 3.63) is 29.6 Å². The molecule has 0 fully saturated rings. The zero-order valence-electron chi connectivity index (χ0n) is 14.6. The maximum absolute atomic E-state index is 5.54. The van der Waals surface area contributed by atoms with Gasteiger partial charge in [0.1, 0.15) is 0 Å².